The third-order valence-electron chi connectivity index (χ3n) is 5.25. The summed E-state index contributed by atoms with van der Waals surface area (Å²) in [6, 6.07) is 0. The first kappa shape index (κ1) is 30.1. The number of aliphatic hydroxyl groups excluding tert-OH is 1. The van der Waals surface area contributed by atoms with Gasteiger partial charge < -0.3 is 9.66 Å². The van der Waals surface area contributed by atoms with Crippen molar-refractivity contribution in [3.63, 3.8) is 0 Å². The van der Waals surface area contributed by atoms with Crippen LogP contribution in [0.4, 0.5) is 0 Å². The van der Waals surface area contributed by atoms with E-state index in [1.807, 2.05) is 6.92 Å². The second-order valence-electron chi connectivity index (χ2n) is 7.81. The van der Waals surface area contributed by atoms with E-state index in [1.165, 1.54) is 57.8 Å². The first-order chi connectivity index (χ1) is 12.4. The summed E-state index contributed by atoms with van der Waals surface area (Å²) < 4.78 is 33.8. The first-order valence-electron chi connectivity index (χ1n) is 11.0. The summed E-state index contributed by atoms with van der Waals surface area (Å²) in [5.41, 5.74) is 0. The molecule has 0 saturated carbocycles. The summed E-state index contributed by atoms with van der Waals surface area (Å²) in [4.78, 5) is 0. The van der Waals surface area contributed by atoms with Crippen molar-refractivity contribution in [3.05, 3.63) is 0 Å². The average molecular weight is 415 g/mol. The molecule has 0 aromatic heterocycles. The van der Waals surface area contributed by atoms with Crippen molar-refractivity contribution in [2.75, 3.05) is 0 Å². The molecule has 0 aliphatic carbocycles. The van der Waals surface area contributed by atoms with Gasteiger partial charge in [-0.15, -0.1) is 0 Å². The van der Waals surface area contributed by atoms with Crippen LogP contribution in [0.2, 0.25) is 0 Å². The molecule has 0 saturated heterocycles. The number of hydrogen-bond acceptors (Lipinski definition) is 4. The zero-order chi connectivity index (χ0) is 19.7. The van der Waals surface area contributed by atoms with Crippen LogP contribution in [0, 0.1) is 0 Å². The first-order valence-corrected chi connectivity index (χ1v) is 12.5. The quantitative estimate of drug-likeness (QED) is 0.200. The Morgan fingerprint density at radius 3 is 1.56 bits per heavy atom. The topological polar surface area (TPSA) is 77.4 Å². The van der Waals surface area contributed by atoms with E-state index in [4.69, 9.17) is 0 Å². The minimum atomic E-state index is -4.24. The Bertz CT molecular complexity index is 401. The normalized spacial score (nSPS) is 13.9. The monoisotopic (exact) mass is 414 g/mol. The Kier molecular flexibility index (Phi) is 22.4. The molecule has 1 N–H and O–H groups in total. The summed E-state index contributed by atoms with van der Waals surface area (Å²) in [7, 11) is -4.24. The van der Waals surface area contributed by atoms with Crippen LogP contribution >= 0.6 is 0 Å². The van der Waals surface area contributed by atoms with E-state index in [0.29, 0.717) is 19.3 Å². The average Bonchev–Trinajstić information content (AvgIpc) is 2.58. The molecule has 2 unspecified atom stereocenters. The van der Waals surface area contributed by atoms with Gasteiger partial charge in [-0.25, -0.2) is 8.42 Å². The fourth-order valence-corrected chi connectivity index (χ4v) is 4.31. The Hall–Kier alpha value is 0.870. The van der Waals surface area contributed by atoms with Crippen LogP contribution in [0.15, 0.2) is 0 Å². The molecule has 0 radical (unpaired) electrons. The molecule has 0 amide bonds. The van der Waals surface area contributed by atoms with Crippen LogP contribution in [0.5, 0.6) is 0 Å². The molecule has 158 valence electrons. The van der Waals surface area contributed by atoms with E-state index in [-0.39, 0.29) is 29.6 Å². The molecule has 4 nitrogen and oxygen atoms in total. The van der Waals surface area contributed by atoms with Gasteiger partial charge in [-0.3, -0.25) is 0 Å². The van der Waals surface area contributed by atoms with E-state index < -0.39 is 21.5 Å². The van der Waals surface area contributed by atoms with E-state index >= 15 is 0 Å². The molecule has 0 rings (SSSR count). The zero-order valence-corrected chi connectivity index (χ0v) is 21.1. The van der Waals surface area contributed by atoms with Crippen molar-refractivity contribution in [3.8, 4) is 0 Å². The van der Waals surface area contributed by atoms with E-state index in [9.17, 15) is 18.1 Å². The molecule has 0 fully saturated rings. The van der Waals surface area contributed by atoms with Gasteiger partial charge in [0.15, 0.2) is 0 Å². The molecule has 0 heterocycles. The van der Waals surface area contributed by atoms with Crippen molar-refractivity contribution in [1.82, 2.24) is 0 Å². The second-order valence-corrected chi connectivity index (χ2v) is 9.46. The van der Waals surface area contributed by atoms with E-state index in [0.717, 1.165) is 32.1 Å². The second kappa shape index (κ2) is 20.2. The van der Waals surface area contributed by atoms with Crippen molar-refractivity contribution >= 4 is 10.1 Å². The number of unbranched alkanes of at least 4 members (excludes halogenated alkanes) is 11. The van der Waals surface area contributed by atoms with Crippen LogP contribution in [0.25, 0.3) is 0 Å². The molecule has 0 spiro atoms. The predicted octanol–water partition coefficient (Wildman–Crippen LogP) is 2.94. The maximum atomic E-state index is 11.3. The van der Waals surface area contributed by atoms with E-state index in [1.54, 1.807) is 0 Å². The summed E-state index contributed by atoms with van der Waals surface area (Å²) in [5.74, 6) is 0. The van der Waals surface area contributed by atoms with Gasteiger partial charge in [-0.05, 0) is 25.7 Å². The van der Waals surface area contributed by atoms with Gasteiger partial charge in [0.1, 0.15) is 0 Å². The third kappa shape index (κ3) is 19.9. The molecule has 6 heteroatoms. The van der Waals surface area contributed by atoms with Gasteiger partial charge in [-0.2, -0.15) is 0 Å². The summed E-state index contributed by atoms with van der Waals surface area (Å²) in [6.07, 6.45) is 17.1. The van der Waals surface area contributed by atoms with Gasteiger partial charge in [-0.1, -0.05) is 97.3 Å². The standard InChI is InChI=1S/C21H44O4S.Na/c1-3-5-7-8-9-10-11-12-13-14-15-16-20(22)18-19-21(17-6-4-2)26(23,24)25;/h20-22H,3-19H2,1-2H3,(H,23,24,25);/q;+1/p-1. The van der Waals surface area contributed by atoms with E-state index in [2.05, 4.69) is 6.92 Å². The van der Waals surface area contributed by atoms with Gasteiger partial charge in [0.25, 0.3) is 0 Å². The molecule has 0 aromatic rings. The minimum absolute atomic E-state index is 0. The van der Waals surface area contributed by atoms with Gasteiger partial charge in [0, 0.05) is 5.25 Å². The van der Waals surface area contributed by atoms with Crippen molar-refractivity contribution in [1.29, 1.82) is 0 Å². The molecular weight excluding hydrogens is 371 g/mol. The van der Waals surface area contributed by atoms with Crippen molar-refractivity contribution in [2.24, 2.45) is 0 Å². The van der Waals surface area contributed by atoms with Crippen molar-refractivity contribution < 1.29 is 47.6 Å². The Morgan fingerprint density at radius 1 is 0.667 bits per heavy atom. The predicted molar refractivity (Wildman–Crippen MR) is 109 cm³/mol. The van der Waals surface area contributed by atoms with Crippen LogP contribution in [-0.2, 0) is 10.1 Å². The van der Waals surface area contributed by atoms with Crippen LogP contribution < -0.4 is 29.6 Å². The number of rotatable bonds is 19. The number of aliphatic hydroxyl groups is 1. The third-order valence-corrected chi connectivity index (χ3v) is 6.54. The van der Waals surface area contributed by atoms with Gasteiger partial charge >= 0.3 is 29.6 Å². The summed E-state index contributed by atoms with van der Waals surface area (Å²) in [5, 5.41) is 9.21. The largest absolute Gasteiger partial charge is 1.00 e. The minimum Gasteiger partial charge on any atom is -0.748 e. The fourth-order valence-electron chi connectivity index (χ4n) is 3.43. The van der Waals surface area contributed by atoms with Crippen LogP contribution in [0.3, 0.4) is 0 Å². The molecule has 0 bridgehead atoms. The van der Waals surface area contributed by atoms with Gasteiger partial charge in [0.05, 0.1) is 16.2 Å². The Balaban J connectivity index is 0. The van der Waals surface area contributed by atoms with Crippen LogP contribution in [-0.4, -0.2) is 29.4 Å². The zero-order valence-electron chi connectivity index (χ0n) is 18.3. The maximum absolute atomic E-state index is 11.3. The molecule has 27 heavy (non-hydrogen) atoms. The van der Waals surface area contributed by atoms with Crippen molar-refractivity contribution in [2.45, 2.75) is 134 Å². The molecule has 0 aliphatic rings. The Morgan fingerprint density at radius 2 is 1.11 bits per heavy atom. The molecule has 0 aliphatic heterocycles. The smallest absolute Gasteiger partial charge is 0.748 e. The van der Waals surface area contributed by atoms with Gasteiger partial charge in [0.2, 0.25) is 0 Å². The maximum Gasteiger partial charge on any atom is 1.00 e. The molecule has 2 atom stereocenters. The summed E-state index contributed by atoms with van der Waals surface area (Å²) >= 11 is 0. The fraction of sp³-hybridized carbons (Fsp3) is 1.00. The molecular formula is C21H43NaO4S. The molecule has 0 aromatic carbocycles. The number of hydrogen-bond donors (Lipinski definition) is 1. The summed E-state index contributed by atoms with van der Waals surface area (Å²) in [6.45, 7) is 4.23. The SMILES string of the molecule is CCCCCCCCCCCCCC(O)CCC(CCCC)S(=O)(=O)[O-].[Na+]. The Labute approximate surface area is 191 Å². The van der Waals surface area contributed by atoms with Crippen LogP contribution in [0.1, 0.15) is 123 Å².